The molecule has 1 atom stereocenters. The molecule has 2 heterocycles. The highest BCUT2D eigenvalue weighted by Crippen LogP contribution is 2.26. The summed E-state index contributed by atoms with van der Waals surface area (Å²) in [5.41, 5.74) is 2.01. The molecular formula is C20H31N5O. The van der Waals surface area contributed by atoms with Crippen LogP contribution in [-0.4, -0.2) is 47.9 Å². The van der Waals surface area contributed by atoms with E-state index in [9.17, 15) is 4.79 Å². The predicted molar refractivity (Wildman–Crippen MR) is 104 cm³/mol. The number of carbonyl (C=O) groups is 1. The third kappa shape index (κ3) is 4.96. The lowest BCUT2D eigenvalue weighted by molar-refractivity contribution is -0.135. The molecule has 0 spiro atoms. The number of rotatable bonds is 4. The van der Waals surface area contributed by atoms with Gasteiger partial charge in [-0.3, -0.25) is 14.8 Å². The van der Waals surface area contributed by atoms with Gasteiger partial charge in [0.2, 0.25) is 5.91 Å². The molecule has 1 aliphatic carbocycles. The van der Waals surface area contributed by atoms with E-state index in [1.54, 1.807) is 7.05 Å². The lowest BCUT2D eigenvalue weighted by Crippen LogP contribution is -2.45. The summed E-state index contributed by atoms with van der Waals surface area (Å²) in [4.78, 5) is 23.5. The molecule has 1 aromatic heterocycles. The lowest BCUT2D eigenvalue weighted by Gasteiger charge is -2.26. The second kappa shape index (κ2) is 9.01. The van der Waals surface area contributed by atoms with Crippen LogP contribution in [0, 0.1) is 12.8 Å². The molecule has 26 heavy (non-hydrogen) atoms. The maximum Gasteiger partial charge on any atom is 0.225 e. The molecule has 1 unspecified atom stereocenters. The summed E-state index contributed by atoms with van der Waals surface area (Å²) in [7, 11) is 1.78. The zero-order chi connectivity index (χ0) is 18.4. The summed E-state index contributed by atoms with van der Waals surface area (Å²) in [6.07, 6.45) is 6.80. The fraction of sp³-hybridized carbons (Fsp3) is 0.650. The molecule has 2 N–H and O–H groups in total. The first-order valence-corrected chi connectivity index (χ1v) is 9.84. The molecule has 0 aromatic carbocycles. The molecule has 2 fully saturated rings. The standard InChI is InChI=1S/C20H31N5O/c1-15-7-6-10-17(23-15)13-22-20(21-2)24-18-11-12-25(14-18)19(26)16-8-4-3-5-9-16/h6-7,10,16,18H,3-5,8-9,11-14H2,1-2H3,(H2,21,22,24). The number of carbonyl (C=O) groups excluding carboxylic acids is 1. The number of nitrogens with zero attached hydrogens (tertiary/aromatic N) is 3. The molecule has 1 saturated heterocycles. The van der Waals surface area contributed by atoms with Gasteiger partial charge in [-0.2, -0.15) is 0 Å². The minimum atomic E-state index is 0.257. The van der Waals surface area contributed by atoms with Gasteiger partial charge in [-0.05, 0) is 38.3 Å². The van der Waals surface area contributed by atoms with Gasteiger partial charge in [0.15, 0.2) is 5.96 Å². The summed E-state index contributed by atoms with van der Waals surface area (Å²) < 4.78 is 0. The van der Waals surface area contributed by atoms with E-state index in [2.05, 4.69) is 20.6 Å². The van der Waals surface area contributed by atoms with E-state index < -0.39 is 0 Å². The molecule has 1 amide bonds. The number of guanidine groups is 1. The van der Waals surface area contributed by atoms with Gasteiger partial charge < -0.3 is 15.5 Å². The number of hydrogen-bond donors (Lipinski definition) is 2. The molecule has 0 radical (unpaired) electrons. The minimum absolute atomic E-state index is 0.257. The maximum atomic E-state index is 12.7. The van der Waals surface area contributed by atoms with Crippen LogP contribution in [-0.2, 0) is 11.3 Å². The van der Waals surface area contributed by atoms with Gasteiger partial charge in [-0.15, -0.1) is 0 Å². The molecule has 142 valence electrons. The third-order valence-corrected chi connectivity index (χ3v) is 5.40. The Kier molecular flexibility index (Phi) is 6.47. The Morgan fingerprint density at radius 1 is 1.27 bits per heavy atom. The quantitative estimate of drug-likeness (QED) is 0.640. The summed E-state index contributed by atoms with van der Waals surface area (Å²) in [5, 5.41) is 6.78. The molecule has 6 nitrogen and oxygen atoms in total. The highest BCUT2D eigenvalue weighted by atomic mass is 16.2. The van der Waals surface area contributed by atoms with Gasteiger partial charge in [0.25, 0.3) is 0 Å². The van der Waals surface area contributed by atoms with Gasteiger partial charge in [-0.25, -0.2) is 0 Å². The summed E-state index contributed by atoms with van der Waals surface area (Å²) in [6, 6.07) is 6.28. The first-order chi connectivity index (χ1) is 12.7. The second-order valence-corrected chi connectivity index (χ2v) is 7.45. The van der Waals surface area contributed by atoms with Gasteiger partial charge >= 0.3 is 0 Å². The number of aliphatic imine (C=N–C) groups is 1. The van der Waals surface area contributed by atoms with Crippen molar-refractivity contribution in [3.05, 3.63) is 29.6 Å². The molecule has 1 aromatic rings. The first kappa shape index (κ1) is 18.7. The highest BCUT2D eigenvalue weighted by molar-refractivity contribution is 5.81. The van der Waals surface area contributed by atoms with Crippen LogP contribution in [0.15, 0.2) is 23.2 Å². The van der Waals surface area contributed by atoms with Crippen LogP contribution in [0.1, 0.15) is 49.9 Å². The Morgan fingerprint density at radius 2 is 2.08 bits per heavy atom. The number of hydrogen-bond acceptors (Lipinski definition) is 3. The fourth-order valence-electron chi connectivity index (χ4n) is 3.95. The Bertz CT molecular complexity index is 639. The Balaban J connectivity index is 1.46. The maximum absolute atomic E-state index is 12.7. The number of pyridine rings is 1. The summed E-state index contributed by atoms with van der Waals surface area (Å²) >= 11 is 0. The van der Waals surface area contributed by atoms with Crippen molar-refractivity contribution in [1.29, 1.82) is 0 Å². The topological polar surface area (TPSA) is 69.6 Å². The lowest BCUT2D eigenvalue weighted by atomic mass is 9.88. The van der Waals surface area contributed by atoms with Crippen LogP contribution in [0.5, 0.6) is 0 Å². The molecule has 3 rings (SSSR count). The zero-order valence-electron chi connectivity index (χ0n) is 16.0. The van der Waals surface area contributed by atoms with Crippen LogP contribution in [0.3, 0.4) is 0 Å². The molecule has 0 bridgehead atoms. The average molecular weight is 358 g/mol. The van der Waals surface area contributed by atoms with Crippen molar-refractivity contribution in [2.24, 2.45) is 10.9 Å². The van der Waals surface area contributed by atoms with Crippen molar-refractivity contribution in [2.75, 3.05) is 20.1 Å². The van der Waals surface area contributed by atoms with Crippen molar-refractivity contribution in [1.82, 2.24) is 20.5 Å². The zero-order valence-corrected chi connectivity index (χ0v) is 16.0. The van der Waals surface area contributed by atoms with E-state index >= 15 is 0 Å². The SMILES string of the molecule is CN=C(NCc1cccc(C)n1)NC1CCN(C(=O)C2CCCCC2)C1. The first-order valence-electron chi connectivity index (χ1n) is 9.84. The number of amides is 1. The van der Waals surface area contributed by atoms with E-state index in [-0.39, 0.29) is 12.0 Å². The van der Waals surface area contributed by atoms with Crippen LogP contribution in [0.25, 0.3) is 0 Å². The fourth-order valence-corrected chi connectivity index (χ4v) is 3.95. The van der Waals surface area contributed by atoms with E-state index in [0.717, 1.165) is 49.7 Å². The second-order valence-electron chi connectivity index (χ2n) is 7.45. The predicted octanol–water partition coefficient (Wildman–Crippen LogP) is 2.24. The Labute approximate surface area is 156 Å². The van der Waals surface area contributed by atoms with Crippen LogP contribution in [0.4, 0.5) is 0 Å². The number of aryl methyl sites for hydroxylation is 1. The molecular weight excluding hydrogens is 326 g/mol. The van der Waals surface area contributed by atoms with Crippen LogP contribution in [0.2, 0.25) is 0 Å². The number of likely N-dealkylation sites (tertiary alicyclic amines) is 1. The van der Waals surface area contributed by atoms with Gasteiger partial charge in [0.1, 0.15) is 0 Å². The van der Waals surface area contributed by atoms with Gasteiger partial charge in [-0.1, -0.05) is 25.3 Å². The van der Waals surface area contributed by atoms with Crippen molar-refractivity contribution in [3.63, 3.8) is 0 Å². The molecule has 1 aliphatic heterocycles. The van der Waals surface area contributed by atoms with E-state index in [4.69, 9.17) is 0 Å². The molecule has 2 aliphatic rings. The minimum Gasteiger partial charge on any atom is -0.352 e. The van der Waals surface area contributed by atoms with Crippen LogP contribution >= 0.6 is 0 Å². The van der Waals surface area contributed by atoms with E-state index in [1.807, 2.05) is 30.0 Å². The highest BCUT2D eigenvalue weighted by Gasteiger charge is 2.31. The molecule has 1 saturated carbocycles. The summed E-state index contributed by atoms with van der Waals surface area (Å²) in [5.74, 6) is 1.39. The third-order valence-electron chi connectivity index (χ3n) is 5.40. The average Bonchev–Trinajstić information content (AvgIpc) is 3.14. The number of nitrogens with one attached hydrogen (secondary N) is 2. The number of aromatic nitrogens is 1. The van der Waals surface area contributed by atoms with Crippen molar-refractivity contribution in [2.45, 2.75) is 58.0 Å². The van der Waals surface area contributed by atoms with Gasteiger partial charge in [0, 0.05) is 37.8 Å². The normalized spacial score (nSPS) is 21.7. The van der Waals surface area contributed by atoms with Gasteiger partial charge in [0.05, 0.1) is 12.2 Å². The summed E-state index contributed by atoms with van der Waals surface area (Å²) in [6.45, 7) is 4.26. The monoisotopic (exact) mass is 357 g/mol. The Hall–Kier alpha value is -2.11. The molecule has 6 heteroatoms. The Morgan fingerprint density at radius 3 is 2.81 bits per heavy atom. The van der Waals surface area contributed by atoms with Crippen molar-refractivity contribution in [3.8, 4) is 0 Å². The van der Waals surface area contributed by atoms with Crippen molar-refractivity contribution >= 4 is 11.9 Å². The largest absolute Gasteiger partial charge is 0.352 e. The van der Waals surface area contributed by atoms with Crippen molar-refractivity contribution < 1.29 is 4.79 Å². The van der Waals surface area contributed by atoms with E-state index in [0.29, 0.717) is 12.5 Å². The smallest absolute Gasteiger partial charge is 0.225 e. The van der Waals surface area contributed by atoms with Crippen LogP contribution < -0.4 is 10.6 Å². The van der Waals surface area contributed by atoms with E-state index in [1.165, 1.54) is 19.3 Å².